The van der Waals surface area contributed by atoms with Crippen molar-refractivity contribution in [2.45, 2.75) is 32.5 Å². The second-order valence-electron chi connectivity index (χ2n) is 8.20. The summed E-state index contributed by atoms with van der Waals surface area (Å²) in [7, 11) is 6.96. The van der Waals surface area contributed by atoms with Gasteiger partial charge in [0.1, 0.15) is 11.5 Å². The minimum atomic E-state index is -0.802. The van der Waals surface area contributed by atoms with Gasteiger partial charge in [0.15, 0.2) is 0 Å². The van der Waals surface area contributed by atoms with Crippen LogP contribution >= 0.6 is 15.8 Å². The SMILES string of the molecule is CCP(CC)[C@@H]1C([C@H](C)N(C)C)=CC=C1P(c1ccccc1OC)c1ccccc1OC. The third-order valence-electron chi connectivity index (χ3n) is 6.39. The van der Waals surface area contributed by atoms with Crippen LogP contribution in [0, 0.1) is 0 Å². The molecule has 0 amide bonds. The summed E-state index contributed by atoms with van der Waals surface area (Å²) in [6, 6.07) is 17.4. The molecule has 0 N–H and O–H groups in total. The molecular weight excluding hydrogens is 432 g/mol. The summed E-state index contributed by atoms with van der Waals surface area (Å²) in [5, 5.41) is 4.06. The van der Waals surface area contributed by atoms with Crippen LogP contribution in [0.1, 0.15) is 20.8 Å². The van der Waals surface area contributed by atoms with Crippen LogP contribution in [0.25, 0.3) is 0 Å². The van der Waals surface area contributed by atoms with Crippen LogP contribution < -0.4 is 20.1 Å². The Bertz CT molecular complexity index is 918. The Kier molecular flexibility index (Phi) is 8.95. The fourth-order valence-electron chi connectivity index (χ4n) is 4.42. The normalized spacial score (nSPS) is 17.0. The number of likely N-dealkylation sites (N-methyl/N-ethyl adjacent to an activating group) is 1. The number of rotatable bonds is 10. The fraction of sp³-hybridized carbons (Fsp3) is 0.407. The lowest BCUT2D eigenvalue weighted by atomic mass is 10.1. The van der Waals surface area contributed by atoms with Gasteiger partial charge in [-0.05, 0) is 64.3 Å². The Morgan fingerprint density at radius 1 is 0.844 bits per heavy atom. The maximum atomic E-state index is 5.87. The Morgan fingerprint density at radius 3 is 1.78 bits per heavy atom. The lowest BCUT2D eigenvalue weighted by molar-refractivity contribution is 0.348. The first-order chi connectivity index (χ1) is 15.5. The van der Waals surface area contributed by atoms with Gasteiger partial charge in [0.25, 0.3) is 0 Å². The Labute approximate surface area is 197 Å². The first-order valence-corrected chi connectivity index (χ1v) is 14.5. The molecule has 0 spiro atoms. The summed E-state index contributed by atoms with van der Waals surface area (Å²) < 4.78 is 11.7. The average molecular weight is 470 g/mol. The number of nitrogens with zero attached hydrogens (tertiary/aromatic N) is 1. The van der Waals surface area contributed by atoms with Gasteiger partial charge in [-0.1, -0.05) is 70.3 Å². The van der Waals surface area contributed by atoms with E-state index in [2.05, 4.69) is 100 Å². The number of methoxy groups -OCH3 is 2. The van der Waals surface area contributed by atoms with Crippen LogP contribution in [-0.2, 0) is 0 Å². The summed E-state index contributed by atoms with van der Waals surface area (Å²) in [4.78, 5) is 2.34. The summed E-state index contributed by atoms with van der Waals surface area (Å²) >= 11 is 0. The monoisotopic (exact) mass is 469 g/mol. The number of hydrogen-bond donors (Lipinski definition) is 0. The van der Waals surface area contributed by atoms with E-state index in [4.69, 9.17) is 9.47 Å². The molecule has 3 nitrogen and oxygen atoms in total. The quantitative estimate of drug-likeness (QED) is 0.411. The second-order valence-corrected chi connectivity index (χ2v) is 13.3. The van der Waals surface area contributed by atoms with E-state index in [0.717, 1.165) is 11.5 Å². The zero-order valence-corrected chi connectivity index (χ0v) is 22.3. The van der Waals surface area contributed by atoms with Gasteiger partial charge in [-0.3, -0.25) is 0 Å². The van der Waals surface area contributed by atoms with Crippen LogP contribution in [0.3, 0.4) is 0 Å². The lowest BCUT2D eigenvalue weighted by Gasteiger charge is -2.36. The van der Waals surface area contributed by atoms with E-state index in [9.17, 15) is 0 Å². The first-order valence-electron chi connectivity index (χ1n) is 11.4. The molecule has 0 aliphatic heterocycles. The molecule has 0 unspecified atom stereocenters. The van der Waals surface area contributed by atoms with E-state index < -0.39 is 7.92 Å². The van der Waals surface area contributed by atoms with Crippen molar-refractivity contribution in [3.8, 4) is 11.5 Å². The van der Waals surface area contributed by atoms with Gasteiger partial charge < -0.3 is 14.4 Å². The van der Waals surface area contributed by atoms with Crippen molar-refractivity contribution in [3.63, 3.8) is 0 Å². The molecule has 0 radical (unpaired) electrons. The van der Waals surface area contributed by atoms with Gasteiger partial charge in [-0.25, -0.2) is 0 Å². The molecule has 5 heteroatoms. The smallest absolute Gasteiger partial charge is 0.127 e. The Balaban J connectivity index is 2.22. The topological polar surface area (TPSA) is 21.7 Å². The molecule has 0 saturated carbocycles. The number of ether oxygens (including phenoxy) is 2. The third-order valence-corrected chi connectivity index (χ3v) is 12.1. The summed E-state index contributed by atoms with van der Waals surface area (Å²) in [6.07, 6.45) is 7.29. The van der Waals surface area contributed by atoms with E-state index >= 15 is 0 Å². The Morgan fingerprint density at radius 2 is 1.34 bits per heavy atom. The molecule has 0 bridgehead atoms. The number of allylic oxidation sites excluding steroid dienone is 3. The number of benzene rings is 2. The van der Waals surface area contributed by atoms with Crippen LogP contribution in [0.5, 0.6) is 11.5 Å². The third kappa shape index (κ3) is 4.96. The van der Waals surface area contributed by atoms with Gasteiger partial charge in [-0.15, -0.1) is 0 Å². The number of hydrogen-bond acceptors (Lipinski definition) is 3. The molecule has 172 valence electrons. The minimum absolute atomic E-state index is 0.163. The molecule has 3 rings (SSSR count). The largest absolute Gasteiger partial charge is 0.496 e. The highest BCUT2D eigenvalue weighted by Crippen LogP contribution is 2.61. The van der Waals surface area contributed by atoms with Gasteiger partial charge >= 0.3 is 0 Å². The molecule has 0 fully saturated rings. The zero-order valence-electron chi connectivity index (χ0n) is 20.5. The highest BCUT2D eigenvalue weighted by atomic mass is 31.1. The van der Waals surface area contributed by atoms with E-state index in [1.165, 1.54) is 28.2 Å². The molecule has 1 aliphatic rings. The molecule has 0 saturated heterocycles. The Hall–Kier alpha value is -1.66. The summed E-state index contributed by atoms with van der Waals surface area (Å²) in [6.45, 7) is 7.05. The van der Waals surface area contributed by atoms with E-state index in [0.29, 0.717) is 11.7 Å². The highest BCUT2D eigenvalue weighted by Gasteiger charge is 2.38. The van der Waals surface area contributed by atoms with Crippen molar-refractivity contribution in [1.82, 2.24) is 4.90 Å². The lowest BCUT2D eigenvalue weighted by Crippen LogP contribution is -2.32. The molecule has 2 aromatic carbocycles. The molecule has 32 heavy (non-hydrogen) atoms. The fourth-order valence-corrected chi connectivity index (χ4v) is 10.3. The summed E-state index contributed by atoms with van der Waals surface area (Å²) in [5.74, 6) is 1.91. The van der Waals surface area contributed by atoms with E-state index in [1.54, 1.807) is 19.8 Å². The minimum Gasteiger partial charge on any atom is -0.496 e. The predicted molar refractivity (Wildman–Crippen MR) is 143 cm³/mol. The maximum Gasteiger partial charge on any atom is 0.127 e. The average Bonchev–Trinajstić information content (AvgIpc) is 3.24. The predicted octanol–water partition coefficient (Wildman–Crippen LogP) is 5.80. The van der Waals surface area contributed by atoms with E-state index in [-0.39, 0.29) is 7.92 Å². The molecule has 2 aromatic rings. The van der Waals surface area contributed by atoms with Crippen LogP contribution in [0.2, 0.25) is 0 Å². The van der Waals surface area contributed by atoms with Crippen LogP contribution in [0.15, 0.2) is 71.6 Å². The molecule has 1 aliphatic carbocycles. The zero-order chi connectivity index (χ0) is 23.3. The summed E-state index contributed by atoms with van der Waals surface area (Å²) in [5.41, 5.74) is 2.04. The van der Waals surface area contributed by atoms with Crippen LogP contribution in [0.4, 0.5) is 0 Å². The second kappa shape index (κ2) is 11.5. The van der Waals surface area contributed by atoms with Crippen molar-refractivity contribution >= 4 is 26.5 Å². The van der Waals surface area contributed by atoms with Crippen molar-refractivity contribution < 1.29 is 9.47 Å². The molecule has 2 atom stereocenters. The van der Waals surface area contributed by atoms with E-state index in [1.807, 2.05) is 0 Å². The van der Waals surface area contributed by atoms with Crippen LogP contribution in [-0.4, -0.2) is 57.2 Å². The first kappa shape index (κ1) is 25.0. The van der Waals surface area contributed by atoms with Crippen molar-refractivity contribution in [3.05, 3.63) is 71.6 Å². The molecular formula is C27H37NO2P2. The van der Waals surface area contributed by atoms with Gasteiger partial charge in [0, 0.05) is 22.3 Å². The standard InChI is InChI=1S/C27H37NO2P2/c1-8-31(9-2)27-21(20(3)28(4)5)18-19-26(27)32(24-16-12-10-14-22(24)29-6)25-17-13-11-15-23(25)30-7/h10-20,27H,8-9H2,1-7H3/t20-,27+/m0/s1. The van der Waals surface area contributed by atoms with Gasteiger partial charge in [-0.2, -0.15) is 0 Å². The van der Waals surface area contributed by atoms with Gasteiger partial charge in [0.2, 0.25) is 0 Å². The molecule has 0 aromatic heterocycles. The van der Waals surface area contributed by atoms with Crippen molar-refractivity contribution in [1.29, 1.82) is 0 Å². The maximum absolute atomic E-state index is 5.87. The number of para-hydroxylation sites is 2. The van der Waals surface area contributed by atoms with Crippen molar-refractivity contribution in [2.24, 2.45) is 0 Å². The van der Waals surface area contributed by atoms with Crippen molar-refractivity contribution in [2.75, 3.05) is 40.6 Å². The molecule has 0 heterocycles. The highest BCUT2D eigenvalue weighted by molar-refractivity contribution is 7.78. The van der Waals surface area contributed by atoms with Gasteiger partial charge in [0.05, 0.1) is 14.2 Å².